The van der Waals surface area contributed by atoms with Gasteiger partial charge in [0.25, 0.3) is 5.91 Å². The van der Waals surface area contributed by atoms with E-state index >= 15 is 0 Å². The molecule has 140 valence electrons. The molecule has 0 saturated heterocycles. The molecule has 1 amide bonds. The Balaban J connectivity index is 1.61. The number of hydrogen-bond acceptors (Lipinski definition) is 6. The summed E-state index contributed by atoms with van der Waals surface area (Å²) in [6.07, 6.45) is 0.244. The zero-order valence-corrected chi connectivity index (χ0v) is 16.6. The van der Waals surface area contributed by atoms with Crippen LogP contribution < -0.4 is 5.32 Å². The van der Waals surface area contributed by atoms with Crippen molar-refractivity contribution < 1.29 is 13.2 Å². The number of carbonyl (C=O) groups is 1. The topological polar surface area (TPSA) is 89.0 Å². The first-order valence-electron chi connectivity index (χ1n) is 8.33. The smallest absolute Gasteiger partial charge is 0.257 e. The zero-order chi connectivity index (χ0) is 19.4. The van der Waals surface area contributed by atoms with Crippen LogP contribution >= 0.6 is 11.3 Å². The number of hydrogen-bond donors (Lipinski definition) is 1. The third kappa shape index (κ3) is 4.99. The highest BCUT2D eigenvalue weighted by Gasteiger charge is 2.16. The molecule has 0 bridgehead atoms. The van der Waals surface area contributed by atoms with E-state index in [1.807, 2.05) is 26.0 Å². The van der Waals surface area contributed by atoms with Gasteiger partial charge in [0.1, 0.15) is 5.01 Å². The predicted octanol–water partition coefficient (Wildman–Crippen LogP) is 3.42. The van der Waals surface area contributed by atoms with Crippen LogP contribution in [0.15, 0.2) is 53.4 Å². The van der Waals surface area contributed by atoms with Crippen molar-refractivity contribution in [2.75, 3.05) is 11.1 Å². The summed E-state index contributed by atoms with van der Waals surface area (Å²) in [4.78, 5) is 12.5. The molecule has 2 aromatic carbocycles. The van der Waals surface area contributed by atoms with Gasteiger partial charge in [0, 0.05) is 12.0 Å². The van der Waals surface area contributed by atoms with Gasteiger partial charge in [-0.3, -0.25) is 10.1 Å². The second kappa shape index (κ2) is 7.98. The molecule has 6 nitrogen and oxygen atoms in total. The molecular weight excluding hydrogens is 382 g/mol. The summed E-state index contributed by atoms with van der Waals surface area (Å²) < 4.78 is 24.8. The maximum atomic E-state index is 12.4. The highest BCUT2D eigenvalue weighted by molar-refractivity contribution is 7.91. The van der Waals surface area contributed by atoms with Gasteiger partial charge < -0.3 is 0 Å². The zero-order valence-electron chi connectivity index (χ0n) is 15.0. The number of nitrogens with one attached hydrogen (secondary N) is 1. The normalized spacial score (nSPS) is 11.3. The molecule has 3 aromatic rings. The van der Waals surface area contributed by atoms with Gasteiger partial charge >= 0.3 is 0 Å². The summed E-state index contributed by atoms with van der Waals surface area (Å²) in [6.45, 7) is 3.85. The van der Waals surface area contributed by atoms with Crippen molar-refractivity contribution in [2.24, 2.45) is 0 Å². The third-order valence-electron chi connectivity index (χ3n) is 3.97. The van der Waals surface area contributed by atoms with Crippen LogP contribution in [0.2, 0.25) is 0 Å². The standard InChI is InChI=1S/C19H19N3O3S2/c1-13-3-7-15(8-4-13)18(23)20-19-22-21-17(26-19)11-12-27(24,25)16-9-5-14(2)6-10-16/h3-10H,11-12H2,1-2H3,(H,20,22,23). The van der Waals surface area contributed by atoms with Gasteiger partial charge in [-0.25, -0.2) is 8.42 Å². The van der Waals surface area contributed by atoms with E-state index in [1.165, 1.54) is 11.3 Å². The SMILES string of the molecule is Cc1ccc(C(=O)Nc2nnc(CCS(=O)(=O)c3ccc(C)cc3)s2)cc1. The highest BCUT2D eigenvalue weighted by atomic mass is 32.2. The number of aryl methyl sites for hydroxylation is 3. The second-order valence-electron chi connectivity index (χ2n) is 6.20. The number of aromatic nitrogens is 2. The summed E-state index contributed by atoms with van der Waals surface area (Å²) >= 11 is 1.18. The van der Waals surface area contributed by atoms with Gasteiger partial charge in [0.2, 0.25) is 5.13 Å². The average Bonchev–Trinajstić information content (AvgIpc) is 3.08. The van der Waals surface area contributed by atoms with Crippen LogP contribution in [-0.2, 0) is 16.3 Å². The first kappa shape index (κ1) is 19.2. The van der Waals surface area contributed by atoms with Crippen LogP contribution in [0, 0.1) is 13.8 Å². The van der Waals surface area contributed by atoms with Gasteiger partial charge in [0.15, 0.2) is 9.84 Å². The molecule has 0 unspecified atom stereocenters. The summed E-state index contributed by atoms with van der Waals surface area (Å²) in [5, 5.41) is 11.5. The summed E-state index contributed by atoms with van der Waals surface area (Å²) in [7, 11) is -3.38. The minimum absolute atomic E-state index is 0.0589. The molecule has 0 radical (unpaired) electrons. The van der Waals surface area contributed by atoms with Crippen molar-refractivity contribution in [1.82, 2.24) is 10.2 Å². The molecule has 27 heavy (non-hydrogen) atoms. The number of rotatable bonds is 6. The average molecular weight is 402 g/mol. The molecule has 1 aromatic heterocycles. The lowest BCUT2D eigenvalue weighted by Gasteiger charge is -2.03. The molecular formula is C19H19N3O3S2. The van der Waals surface area contributed by atoms with Crippen LogP contribution in [0.4, 0.5) is 5.13 Å². The lowest BCUT2D eigenvalue weighted by atomic mass is 10.1. The van der Waals surface area contributed by atoms with E-state index < -0.39 is 9.84 Å². The van der Waals surface area contributed by atoms with E-state index in [4.69, 9.17) is 0 Å². The van der Waals surface area contributed by atoms with Crippen LogP contribution in [0.3, 0.4) is 0 Å². The fourth-order valence-corrected chi connectivity index (χ4v) is 4.48. The van der Waals surface area contributed by atoms with Crippen LogP contribution in [0.25, 0.3) is 0 Å². The Labute approximate surface area is 162 Å². The highest BCUT2D eigenvalue weighted by Crippen LogP contribution is 2.19. The van der Waals surface area contributed by atoms with Gasteiger partial charge in [-0.05, 0) is 38.1 Å². The molecule has 0 saturated carbocycles. The van der Waals surface area contributed by atoms with Gasteiger partial charge in [0.05, 0.1) is 10.6 Å². The maximum absolute atomic E-state index is 12.4. The first-order valence-corrected chi connectivity index (χ1v) is 10.8. The van der Waals surface area contributed by atoms with E-state index in [2.05, 4.69) is 15.5 Å². The fourth-order valence-electron chi connectivity index (χ4n) is 2.36. The Hall–Kier alpha value is -2.58. The van der Waals surface area contributed by atoms with E-state index in [1.54, 1.807) is 36.4 Å². The van der Waals surface area contributed by atoms with Crippen LogP contribution in [-0.4, -0.2) is 30.3 Å². The Morgan fingerprint density at radius 3 is 2.19 bits per heavy atom. The van der Waals surface area contributed by atoms with E-state index in [0.717, 1.165) is 11.1 Å². The fraction of sp³-hybridized carbons (Fsp3) is 0.211. The summed E-state index contributed by atoms with van der Waals surface area (Å²) in [5.41, 5.74) is 2.60. The van der Waals surface area contributed by atoms with Crippen LogP contribution in [0.1, 0.15) is 26.5 Å². The number of benzene rings is 2. The Morgan fingerprint density at radius 1 is 0.963 bits per heavy atom. The Morgan fingerprint density at radius 2 is 1.56 bits per heavy atom. The second-order valence-corrected chi connectivity index (χ2v) is 9.37. The van der Waals surface area contributed by atoms with Crippen molar-refractivity contribution in [2.45, 2.75) is 25.2 Å². The van der Waals surface area contributed by atoms with E-state index in [0.29, 0.717) is 20.6 Å². The minimum Gasteiger partial charge on any atom is -0.296 e. The number of nitrogens with zero attached hydrogens (tertiary/aromatic N) is 2. The molecule has 0 fully saturated rings. The van der Waals surface area contributed by atoms with E-state index in [9.17, 15) is 13.2 Å². The lowest BCUT2D eigenvalue weighted by Crippen LogP contribution is -2.11. The molecule has 0 spiro atoms. The largest absolute Gasteiger partial charge is 0.296 e. The monoisotopic (exact) mass is 401 g/mol. The Kier molecular flexibility index (Phi) is 5.67. The molecule has 1 N–H and O–H groups in total. The molecule has 0 atom stereocenters. The molecule has 0 aliphatic rings. The summed E-state index contributed by atoms with van der Waals surface area (Å²) in [5.74, 6) is -0.332. The first-order chi connectivity index (χ1) is 12.8. The lowest BCUT2D eigenvalue weighted by molar-refractivity contribution is 0.102. The Bertz CT molecular complexity index is 1040. The number of sulfone groups is 1. The van der Waals surface area contributed by atoms with Crippen molar-refractivity contribution in [3.8, 4) is 0 Å². The molecule has 0 aliphatic heterocycles. The van der Waals surface area contributed by atoms with Gasteiger partial charge in [-0.15, -0.1) is 10.2 Å². The maximum Gasteiger partial charge on any atom is 0.257 e. The van der Waals surface area contributed by atoms with Crippen molar-refractivity contribution in [1.29, 1.82) is 0 Å². The predicted molar refractivity (Wildman–Crippen MR) is 106 cm³/mol. The van der Waals surface area contributed by atoms with Crippen molar-refractivity contribution in [3.63, 3.8) is 0 Å². The van der Waals surface area contributed by atoms with Crippen molar-refractivity contribution >= 4 is 32.2 Å². The van der Waals surface area contributed by atoms with Crippen LogP contribution in [0.5, 0.6) is 0 Å². The van der Waals surface area contributed by atoms with Crippen molar-refractivity contribution in [3.05, 3.63) is 70.2 Å². The third-order valence-corrected chi connectivity index (χ3v) is 6.60. The quantitative estimate of drug-likeness (QED) is 0.684. The number of amides is 1. The minimum atomic E-state index is -3.38. The molecule has 8 heteroatoms. The van der Waals surface area contributed by atoms with Gasteiger partial charge in [-0.2, -0.15) is 0 Å². The number of anilines is 1. The van der Waals surface area contributed by atoms with E-state index in [-0.39, 0.29) is 18.1 Å². The summed E-state index contributed by atoms with van der Waals surface area (Å²) in [6, 6.07) is 14.0. The molecule has 3 rings (SSSR count). The van der Waals surface area contributed by atoms with Gasteiger partial charge in [-0.1, -0.05) is 46.7 Å². The molecule has 0 aliphatic carbocycles. The number of carbonyl (C=O) groups excluding carboxylic acids is 1. The molecule has 1 heterocycles.